The summed E-state index contributed by atoms with van der Waals surface area (Å²) in [5, 5.41) is 11.0. The highest BCUT2D eigenvalue weighted by Crippen LogP contribution is 2.28. The summed E-state index contributed by atoms with van der Waals surface area (Å²) in [5.74, 6) is 0.816. The van der Waals surface area contributed by atoms with Crippen LogP contribution in [0.15, 0.2) is 28.7 Å². The molecular formula is C18H21N3O3. The second-order valence-corrected chi connectivity index (χ2v) is 6.04. The number of carbonyl (C=O) groups excluding carboxylic acids is 1. The van der Waals surface area contributed by atoms with Gasteiger partial charge in [-0.3, -0.25) is 9.89 Å². The average molecular weight is 327 g/mol. The zero-order valence-corrected chi connectivity index (χ0v) is 14.3. The van der Waals surface area contributed by atoms with E-state index >= 15 is 0 Å². The Balaban J connectivity index is 1.76. The van der Waals surface area contributed by atoms with Crippen molar-refractivity contribution in [3.05, 3.63) is 47.0 Å². The van der Waals surface area contributed by atoms with Crippen molar-refractivity contribution in [2.75, 3.05) is 7.11 Å². The van der Waals surface area contributed by atoms with Crippen LogP contribution in [0.3, 0.4) is 0 Å². The molecule has 2 heterocycles. The number of ether oxygens (including phenoxy) is 1. The molecule has 24 heavy (non-hydrogen) atoms. The summed E-state index contributed by atoms with van der Waals surface area (Å²) >= 11 is 0. The number of nitrogens with zero attached hydrogens (tertiary/aromatic N) is 1. The lowest BCUT2D eigenvalue weighted by atomic mass is 10.1. The lowest BCUT2D eigenvalue weighted by Gasteiger charge is -2.11. The average Bonchev–Trinajstić information content (AvgIpc) is 3.10. The topological polar surface area (TPSA) is 80.1 Å². The van der Waals surface area contributed by atoms with E-state index in [2.05, 4.69) is 15.5 Å². The molecular weight excluding hydrogens is 306 g/mol. The van der Waals surface area contributed by atoms with Crippen molar-refractivity contribution in [1.82, 2.24) is 15.5 Å². The predicted octanol–water partition coefficient (Wildman–Crippen LogP) is 3.14. The van der Waals surface area contributed by atoms with E-state index < -0.39 is 0 Å². The van der Waals surface area contributed by atoms with E-state index in [1.807, 2.05) is 39.0 Å². The monoisotopic (exact) mass is 327 g/mol. The first-order chi connectivity index (χ1) is 11.5. The second kappa shape index (κ2) is 6.39. The van der Waals surface area contributed by atoms with Gasteiger partial charge in [0.05, 0.1) is 12.8 Å². The fraction of sp³-hybridized carbons (Fsp3) is 0.333. The van der Waals surface area contributed by atoms with Gasteiger partial charge in [-0.05, 0) is 39.0 Å². The Labute approximate surface area is 140 Å². The van der Waals surface area contributed by atoms with Crippen LogP contribution in [0.2, 0.25) is 0 Å². The van der Waals surface area contributed by atoms with Crippen LogP contribution in [0.25, 0.3) is 11.0 Å². The number of aryl methyl sites for hydroxylation is 2. The SMILES string of the molecule is COc1ccc2c(C)c(C(=O)N[C@@H](C)Cc3cc(C)[nH]n3)oc2c1. The molecule has 2 N–H and O–H groups in total. The van der Waals surface area contributed by atoms with Gasteiger partial charge in [0.1, 0.15) is 11.3 Å². The molecule has 0 spiro atoms. The molecule has 2 aromatic heterocycles. The van der Waals surface area contributed by atoms with E-state index in [4.69, 9.17) is 9.15 Å². The zero-order chi connectivity index (χ0) is 17.3. The van der Waals surface area contributed by atoms with Crippen LogP contribution in [0, 0.1) is 13.8 Å². The van der Waals surface area contributed by atoms with Crippen LogP contribution in [0.4, 0.5) is 0 Å². The molecule has 0 aliphatic rings. The number of benzene rings is 1. The molecule has 6 heteroatoms. The summed E-state index contributed by atoms with van der Waals surface area (Å²) in [7, 11) is 1.60. The number of aromatic nitrogens is 2. The number of amides is 1. The van der Waals surface area contributed by atoms with Gasteiger partial charge in [0, 0.05) is 35.2 Å². The molecule has 0 aliphatic carbocycles. The van der Waals surface area contributed by atoms with E-state index in [0.29, 0.717) is 23.5 Å². The fourth-order valence-electron chi connectivity index (χ4n) is 2.78. The van der Waals surface area contributed by atoms with E-state index in [0.717, 1.165) is 22.3 Å². The first-order valence-electron chi connectivity index (χ1n) is 7.87. The van der Waals surface area contributed by atoms with Gasteiger partial charge in [-0.15, -0.1) is 0 Å². The van der Waals surface area contributed by atoms with Crippen molar-refractivity contribution in [2.45, 2.75) is 33.2 Å². The maximum absolute atomic E-state index is 12.5. The molecule has 0 fully saturated rings. The van der Waals surface area contributed by atoms with Crippen molar-refractivity contribution in [2.24, 2.45) is 0 Å². The Morgan fingerprint density at radius 3 is 2.83 bits per heavy atom. The molecule has 0 saturated carbocycles. The van der Waals surface area contributed by atoms with E-state index in [1.165, 1.54) is 0 Å². The standard InChI is InChI=1S/C18H21N3O3/c1-10(7-13-8-11(2)20-21-13)19-18(22)17-12(3)15-6-5-14(23-4)9-16(15)24-17/h5-6,8-10H,7H2,1-4H3,(H,19,22)(H,20,21)/t10-/m0/s1. The van der Waals surface area contributed by atoms with Crippen LogP contribution in [-0.4, -0.2) is 29.3 Å². The van der Waals surface area contributed by atoms with E-state index in [1.54, 1.807) is 13.2 Å². The number of rotatable bonds is 5. The molecule has 0 radical (unpaired) electrons. The van der Waals surface area contributed by atoms with Gasteiger partial charge in [0.25, 0.3) is 5.91 Å². The molecule has 3 rings (SSSR count). The molecule has 6 nitrogen and oxygen atoms in total. The smallest absolute Gasteiger partial charge is 0.287 e. The first-order valence-corrected chi connectivity index (χ1v) is 7.87. The summed E-state index contributed by atoms with van der Waals surface area (Å²) < 4.78 is 10.9. The van der Waals surface area contributed by atoms with Crippen molar-refractivity contribution in [1.29, 1.82) is 0 Å². The lowest BCUT2D eigenvalue weighted by molar-refractivity contribution is 0.0913. The third-order valence-electron chi connectivity index (χ3n) is 4.00. The van der Waals surface area contributed by atoms with Gasteiger partial charge in [-0.25, -0.2) is 0 Å². The minimum atomic E-state index is -0.220. The number of H-pyrrole nitrogens is 1. The van der Waals surface area contributed by atoms with Crippen LogP contribution >= 0.6 is 0 Å². The highest BCUT2D eigenvalue weighted by Gasteiger charge is 2.20. The molecule has 1 atom stereocenters. The van der Waals surface area contributed by atoms with Crippen molar-refractivity contribution >= 4 is 16.9 Å². The van der Waals surface area contributed by atoms with Crippen LogP contribution in [0.1, 0.15) is 34.4 Å². The normalized spacial score (nSPS) is 12.3. The summed E-state index contributed by atoms with van der Waals surface area (Å²) in [5.41, 5.74) is 3.40. The minimum Gasteiger partial charge on any atom is -0.497 e. The van der Waals surface area contributed by atoms with Gasteiger partial charge in [-0.2, -0.15) is 5.10 Å². The number of hydrogen-bond acceptors (Lipinski definition) is 4. The maximum Gasteiger partial charge on any atom is 0.287 e. The molecule has 0 saturated heterocycles. The van der Waals surface area contributed by atoms with Crippen molar-refractivity contribution in [3.8, 4) is 5.75 Å². The van der Waals surface area contributed by atoms with Crippen LogP contribution in [0.5, 0.6) is 5.75 Å². The summed E-state index contributed by atoms with van der Waals surface area (Å²) in [6, 6.07) is 7.47. The Hall–Kier alpha value is -2.76. The fourth-order valence-corrected chi connectivity index (χ4v) is 2.78. The number of methoxy groups -OCH3 is 1. The molecule has 1 amide bonds. The zero-order valence-electron chi connectivity index (χ0n) is 14.3. The molecule has 0 bridgehead atoms. The molecule has 0 aliphatic heterocycles. The minimum absolute atomic E-state index is 0.0534. The Kier molecular flexibility index (Phi) is 4.29. The first kappa shape index (κ1) is 16.1. The van der Waals surface area contributed by atoms with Crippen LogP contribution < -0.4 is 10.1 Å². The highest BCUT2D eigenvalue weighted by atomic mass is 16.5. The third-order valence-corrected chi connectivity index (χ3v) is 4.00. The molecule has 126 valence electrons. The quantitative estimate of drug-likeness (QED) is 0.754. The number of aromatic amines is 1. The van der Waals surface area contributed by atoms with Gasteiger partial charge in [-0.1, -0.05) is 0 Å². The predicted molar refractivity (Wildman–Crippen MR) is 91.5 cm³/mol. The Morgan fingerprint density at radius 1 is 1.38 bits per heavy atom. The Bertz CT molecular complexity index is 879. The lowest BCUT2D eigenvalue weighted by Crippen LogP contribution is -2.34. The second-order valence-electron chi connectivity index (χ2n) is 6.04. The van der Waals surface area contributed by atoms with Gasteiger partial charge >= 0.3 is 0 Å². The number of nitrogens with one attached hydrogen (secondary N) is 2. The maximum atomic E-state index is 12.5. The number of fused-ring (bicyclic) bond motifs is 1. The number of furan rings is 1. The third kappa shape index (κ3) is 3.13. The molecule has 1 aromatic carbocycles. The summed E-state index contributed by atoms with van der Waals surface area (Å²) in [6.45, 7) is 5.78. The Morgan fingerprint density at radius 2 is 2.17 bits per heavy atom. The van der Waals surface area contributed by atoms with Crippen molar-refractivity contribution < 1.29 is 13.9 Å². The molecule has 3 aromatic rings. The van der Waals surface area contributed by atoms with E-state index in [9.17, 15) is 4.79 Å². The summed E-state index contributed by atoms with van der Waals surface area (Å²) in [6.07, 6.45) is 0.656. The van der Waals surface area contributed by atoms with Gasteiger partial charge in [0.15, 0.2) is 5.76 Å². The largest absolute Gasteiger partial charge is 0.497 e. The number of hydrogen-bond donors (Lipinski definition) is 2. The van der Waals surface area contributed by atoms with E-state index in [-0.39, 0.29) is 11.9 Å². The summed E-state index contributed by atoms with van der Waals surface area (Å²) in [4.78, 5) is 12.5. The van der Waals surface area contributed by atoms with Crippen molar-refractivity contribution in [3.63, 3.8) is 0 Å². The van der Waals surface area contributed by atoms with Gasteiger partial charge < -0.3 is 14.5 Å². The highest BCUT2D eigenvalue weighted by molar-refractivity contribution is 5.99. The number of carbonyl (C=O) groups is 1. The van der Waals surface area contributed by atoms with Crippen LogP contribution in [-0.2, 0) is 6.42 Å². The van der Waals surface area contributed by atoms with Gasteiger partial charge in [0.2, 0.25) is 0 Å². The molecule has 0 unspecified atom stereocenters.